The lowest BCUT2D eigenvalue weighted by Crippen LogP contribution is -2.00. The Morgan fingerprint density at radius 2 is 2.00 bits per heavy atom. The van der Waals surface area contributed by atoms with Crippen LogP contribution in [0.15, 0.2) is 49.2 Å². The minimum atomic E-state index is 0.683. The average molecular weight is 318 g/mol. The van der Waals surface area contributed by atoms with E-state index in [1.54, 1.807) is 0 Å². The number of aryl methyl sites for hydroxylation is 1. The van der Waals surface area contributed by atoms with Gasteiger partial charge in [0, 0.05) is 5.69 Å². The largest absolute Gasteiger partial charge is 0.335 e. The van der Waals surface area contributed by atoms with Crippen LogP contribution in [0.3, 0.4) is 0 Å². The van der Waals surface area contributed by atoms with Gasteiger partial charge in [0.1, 0.15) is 11.3 Å². The fourth-order valence-corrected chi connectivity index (χ4v) is 2.88. The predicted octanol–water partition coefficient (Wildman–Crippen LogP) is 3.41. The van der Waals surface area contributed by atoms with E-state index in [1.807, 2.05) is 65.8 Å². The number of para-hydroxylation sites is 1. The molecule has 0 amide bonds. The second-order valence-corrected chi connectivity index (χ2v) is 5.73. The number of fused-ring (bicyclic) bond motifs is 1. The van der Waals surface area contributed by atoms with Crippen molar-refractivity contribution >= 4 is 11.2 Å². The first-order chi connectivity index (χ1) is 11.7. The molecule has 0 bridgehead atoms. The maximum atomic E-state index is 4.78. The van der Waals surface area contributed by atoms with Gasteiger partial charge in [-0.05, 0) is 26.0 Å². The highest BCUT2D eigenvalue weighted by Gasteiger charge is 2.17. The van der Waals surface area contributed by atoms with E-state index in [4.69, 9.17) is 4.98 Å². The molecule has 24 heavy (non-hydrogen) atoms. The summed E-state index contributed by atoms with van der Waals surface area (Å²) in [5.74, 6) is 0.808. The summed E-state index contributed by atoms with van der Waals surface area (Å²) < 4.78 is 3.78. The van der Waals surface area contributed by atoms with Crippen LogP contribution in [0.4, 0.5) is 0 Å². The second-order valence-electron chi connectivity index (χ2n) is 5.73. The van der Waals surface area contributed by atoms with Crippen LogP contribution in [0, 0.1) is 13.8 Å². The summed E-state index contributed by atoms with van der Waals surface area (Å²) in [6, 6.07) is 10.0. The quantitative estimate of drug-likeness (QED) is 0.586. The molecule has 4 aromatic rings. The van der Waals surface area contributed by atoms with Gasteiger partial charge in [0.15, 0.2) is 5.65 Å². The monoisotopic (exact) mass is 318 g/mol. The number of nitrogens with one attached hydrogen (secondary N) is 1. The van der Waals surface area contributed by atoms with E-state index in [0.717, 1.165) is 39.6 Å². The molecule has 120 valence electrons. The first-order valence-corrected chi connectivity index (χ1v) is 7.83. The number of nitrogens with zero attached hydrogens (tertiary/aromatic N) is 5. The van der Waals surface area contributed by atoms with Gasteiger partial charge in [-0.1, -0.05) is 24.3 Å². The van der Waals surface area contributed by atoms with E-state index in [0.29, 0.717) is 6.54 Å². The Morgan fingerprint density at radius 3 is 2.75 bits per heavy atom. The van der Waals surface area contributed by atoms with Crippen molar-refractivity contribution in [3.05, 3.63) is 60.6 Å². The summed E-state index contributed by atoms with van der Waals surface area (Å²) >= 11 is 0. The first kappa shape index (κ1) is 14.4. The van der Waals surface area contributed by atoms with Crippen LogP contribution in [0.5, 0.6) is 0 Å². The molecular formula is C18H18N6. The molecule has 6 nitrogen and oxygen atoms in total. The highest BCUT2D eigenvalue weighted by atomic mass is 15.3. The zero-order valence-electron chi connectivity index (χ0n) is 13.7. The van der Waals surface area contributed by atoms with Crippen molar-refractivity contribution in [3.63, 3.8) is 0 Å². The minimum absolute atomic E-state index is 0.683. The van der Waals surface area contributed by atoms with Gasteiger partial charge in [-0.15, -0.1) is 6.58 Å². The summed E-state index contributed by atoms with van der Waals surface area (Å²) in [5.41, 5.74) is 5.74. The lowest BCUT2D eigenvalue weighted by atomic mass is 10.2. The third-order valence-electron chi connectivity index (χ3n) is 4.16. The molecule has 4 rings (SSSR count). The molecule has 0 spiro atoms. The standard InChI is InChI=1S/C18H18N6/c1-4-10-23-13(3)15(11-19-23)17-20-16-12(2)22-24(18(16)21-17)14-8-6-5-7-9-14/h4-9,11H,1,10H2,2-3H3,(H,20,21). The van der Waals surface area contributed by atoms with E-state index in [2.05, 4.69) is 21.8 Å². The van der Waals surface area contributed by atoms with Gasteiger partial charge in [0.25, 0.3) is 0 Å². The smallest absolute Gasteiger partial charge is 0.181 e. The molecule has 1 N–H and O–H groups in total. The normalized spacial score (nSPS) is 11.2. The first-order valence-electron chi connectivity index (χ1n) is 7.83. The van der Waals surface area contributed by atoms with Crippen molar-refractivity contribution in [1.82, 2.24) is 29.5 Å². The predicted molar refractivity (Wildman–Crippen MR) is 94.1 cm³/mol. The van der Waals surface area contributed by atoms with Crippen molar-refractivity contribution in [2.45, 2.75) is 20.4 Å². The Labute approximate surface area is 139 Å². The Morgan fingerprint density at radius 1 is 1.21 bits per heavy atom. The molecule has 3 aromatic heterocycles. The maximum absolute atomic E-state index is 4.78. The summed E-state index contributed by atoms with van der Waals surface area (Å²) in [5, 5.41) is 9.00. The summed E-state index contributed by atoms with van der Waals surface area (Å²) in [7, 11) is 0. The molecule has 0 saturated heterocycles. The lowest BCUT2D eigenvalue weighted by molar-refractivity contribution is 0.680. The molecular weight excluding hydrogens is 300 g/mol. The number of benzene rings is 1. The molecule has 0 aliphatic heterocycles. The van der Waals surface area contributed by atoms with E-state index < -0.39 is 0 Å². The van der Waals surface area contributed by atoms with Crippen molar-refractivity contribution in [2.24, 2.45) is 0 Å². The number of aromatic amines is 1. The van der Waals surface area contributed by atoms with Crippen LogP contribution < -0.4 is 0 Å². The number of imidazole rings is 1. The molecule has 0 aliphatic rings. The molecule has 0 aliphatic carbocycles. The van der Waals surface area contributed by atoms with Gasteiger partial charge in [-0.3, -0.25) is 4.68 Å². The Balaban J connectivity index is 1.86. The highest BCUT2D eigenvalue weighted by molar-refractivity contribution is 5.80. The van der Waals surface area contributed by atoms with E-state index in [9.17, 15) is 0 Å². The van der Waals surface area contributed by atoms with Gasteiger partial charge in [-0.25, -0.2) is 9.67 Å². The fraction of sp³-hybridized carbons (Fsp3) is 0.167. The molecule has 0 saturated carbocycles. The third-order valence-corrected chi connectivity index (χ3v) is 4.16. The lowest BCUT2D eigenvalue weighted by Gasteiger charge is -2.01. The number of allylic oxidation sites excluding steroid dienone is 1. The maximum Gasteiger partial charge on any atom is 0.181 e. The molecule has 1 aromatic carbocycles. The van der Waals surface area contributed by atoms with Crippen LogP contribution in [0.1, 0.15) is 11.4 Å². The molecule has 0 fully saturated rings. The van der Waals surface area contributed by atoms with Gasteiger partial charge in [0.05, 0.1) is 29.7 Å². The van der Waals surface area contributed by atoms with Crippen LogP contribution in [0.2, 0.25) is 0 Å². The SMILES string of the molecule is C=CCn1ncc(-c2nc3c([nH]2)c(C)nn3-c2ccccc2)c1C. The van der Waals surface area contributed by atoms with E-state index in [-0.39, 0.29) is 0 Å². The van der Waals surface area contributed by atoms with Crippen LogP contribution >= 0.6 is 0 Å². The second kappa shape index (κ2) is 5.49. The molecule has 0 unspecified atom stereocenters. The molecule has 3 heterocycles. The van der Waals surface area contributed by atoms with E-state index in [1.165, 1.54) is 0 Å². The van der Waals surface area contributed by atoms with Crippen LogP contribution in [0.25, 0.3) is 28.2 Å². The number of rotatable bonds is 4. The highest BCUT2D eigenvalue weighted by Crippen LogP contribution is 2.26. The molecule has 6 heteroatoms. The molecule has 0 atom stereocenters. The van der Waals surface area contributed by atoms with Crippen molar-refractivity contribution in [1.29, 1.82) is 0 Å². The number of H-pyrrole nitrogens is 1. The minimum Gasteiger partial charge on any atom is -0.335 e. The fourth-order valence-electron chi connectivity index (χ4n) is 2.88. The molecule has 0 radical (unpaired) electrons. The topological polar surface area (TPSA) is 64.3 Å². The van der Waals surface area contributed by atoms with Gasteiger partial charge in [-0.2, -0.15) is 10.2 Å². The van der Waals surface area contributed by atoms with Crippen LogP contribution in [-0.4, -0.2) is 29.5 Å². The van der Waals surface area contributed by atoms with Gasteiger partial charge < -0.3 is 4.98 Å². The zero-order chi connectivity index (χ0) is 16.7. The van der Waals surface area contributed by atoms with Crippen LogP contribution in [-0.2, 0) is 6.54 Å². The third kappa shape index (κ3) is 2.15. The van der Waals surface area contributed by atoms with Crippen molar-refractivity contribution in [3.8, 4) is 17.1 Å². The van der Waals surface area contributed by atoms with Crippen molar-refractivity contribution in [2.75, 3.05) is 0 Å². The van der Waals surface area contributed by atoms with Gasteiger partial charge >= 0.3 is 0 Å². The number of aromatic nitrogens is 6. The Hall–Kier alpha value is -3.15. The summed E-state index contributed by atoms with van der Waals surface area (Å²) in [4.78, 5) is 8.17. The van der Waals surface area contributed by atoms with Gasteiger partial charge in [0.2, 0.25) is 0 Å². The summed E-state index contributed by atoms with van der Waals surface area (Å²) in [6.07, 6.45) is 3.67. The number of hydrogen-bond acceptors (Lipinski definition) is 3. The summed E-state index contributed by atoms with van der Waals surface area (Å²) in [6.45, 7) is 8.47. The average Bonchev–Trinajstić information content (AvgIpc) is 3.25. The Bertz CT molecular complexity index is 1020. The van der Waals surface area contributed by atoms with E-state index >= 15 is 0 Å². The number of hydrogen-bond donors (Lipinski definition) is 1. The van der Waals surface area contributed by atoms with Crippen molar-refractivity contribution < 1.29 is 0 Å². The Kier molecular flexibility index (Phi) is 3.30. The zero-order valence-corrected chi connectivity index (χ0v) is 13.7.